The normalized spacial score (nSPS) is 14.9. The van der Waals surface area contributed by atoms with Gasteiger partial charge in [0.25, 0.3) is 0 Å². The van der Waals surface area contributed by atoms with Crippen LogP contribution in [0.3, 0.4) is 0 Å². The molecule has 0 unspecified atom stereocenters. The summed E-state index contributed by atoms with van der Waals surface area (Å²) in [6.07, 6.45) is -1.26. The Morgan fingerprint density at radius 3 is 1.33 bits per heavy atom. The minimum Gasteiger partial charge on any atom is -0.508 e. The van der Waals surface area contributed by atoms with E-state index in [1.165, 1.54) is 31.2 Å². The fraction of sp³-hybridized carbons (Fsp3) is 0.661. The van der Waals surface area contributed by atoms with E-state index in [4.69, 9.17) is 34.4 Å². The summed E-state index contributed by atoms with van der Waals surface area (Å²) in [4.78, 5) is 184. The van der Waals surface area contributed by atoms with E-state index >= 15 is 0 Å². The molecule has 1 aromatic carbocycles. The molecule has 10 amide bonds. The summed E-state index contributed by atoms with van der Waals surface area (Å²) < 4.78 is 0. The van der Waals surface area contributed by atoms with Gasteiger partial charge in [-0.2, -0.15) is 0 Å². The second-order valence-electron chi connectivity index (χ2n) is 25.0. The molecule has 0 saturated heterocycles. The standard InChI is InChI=1S/C62H106N18O17/c1-10-34(8)49(80-51(87)38(64)15-13-25-69-61(65)66)59(95)77-42(27-31(2)3)55(91)71-35(9)50(86)79-48(33(6)7)58(94)74-41(22-23-46(82)83)54(90)72-40(17-14-26-70-62(67)68)52(88)76-44(29-36-18-20-37(81)21-19-36)57(93)75-43(28-32(4)5)56(92)73-39(16-11-12-24-63)53(89)78-45(60(96)97)30-47(84)85/h18-21,31-35,38-45,48-49,81H,10-17,22-30,63-64H2,1-9H3,(H,71,91)(H,72,90)(H,73,92)(H,74,94)(H,75,93)(H,76,88)(H,77,95)(H,78,89)(H,79,86)(H,80,87)(H,82,83)(H,84,85)(H,96,97)(H4,65,66,69)(H4,67,68,70)/t34-,35-,38-,39-,40-,41-,42-,43-,44-,45-,48-,49-/m0/s1. The number of aliphatic imine (C=N–C) groups is 2. The number of nitrogens with zero attached hydrogens (tertiary/aromatic N) is 2. The fourth-order valence-electron chi connectivity index (χ4n) is 9.62. The third kappa shape index (κ3) is 34.2. The van der Waals surface area contributed by atoms with Crippen LogP contribution >= 0.6 is 0 Å². The molecule has 1 aromatic rings. The molecule has 0 saturated carbocycles. The number of hydrogen-bond donors (Lipinski definition) is 20. The highest BCUT2D eigenvalue weighted by Gasteiger charge is 2.38. The number of phenols is 1. The van der Waals surface area contributed by atoms with Crippen molar-refractivity contribution in [1.29, 1.82) is 0 Å². The lowest BCUT2D eigenvalue weighted by Crippen LogP contribution is -2.61. The van der Waals surface area contributed by atoms with E-state index in [0.29, 0.717) is 24.8 Å². The number of phenolic OH excluding ortho intramolecular Hbond substituents is 1. The number of carbonyl (C=O) groups is 13. The van der Waals surface area contributed by atoms with Gasteiger partial charge >= 0.3 is 17.9 Å². The molecule has 0 spiro atoms. The maximum absolute atomic E-state index is 14.7. The number of benzene rings is 1. The van der Waals surface area contributed by atoms with Gasteiger partial charge in [-0.25, -0.2) is 4.79 Å². The quantitative estimate of drug-likeness (QED) is 0.0172. The maximum atomic E-state index is 14.7. The Bertz CT molecular complexity index is 2850. The summed E-state index contributed by atoms with van der Waals surface area (Å²) in [5.41, 5.74) is 34.0. The average molecular weight is 1380 g/mol. The average Bonchev–Trinajstić information content (AvgIpc) is 1.58. The SMILES string of the molecule is CC[C@H](C)[C@H](NC(=O)[C@@H](N)CCCN=C(N)N)C(=O)N[C@@H](CC(C)C)C(=O)N[C@@H](C)C(=O)N[C@H](C(=O)N[C@@H](CCC(=O)O)C(=O)N[C@@H](CCCN=C(N)N)C(=O)N[C@@H](Cc1ccc(O)cc1)C(=O)N[C@@H](CC(C)C)C(=O)N[C@@H](CCCCN)C(=O)N[C@@H](CC(=O)O)C(=O)O)C(C)C. The van der Waals surface area contributed by atoms with Gasteiger partial charge in [0.1, 0.15) is 66.2 Å². The largest absolute Gasteiger partial charge is 0.508 e. The van der Waals surface area contributed by atoms with Crippen LogP contribution in [0, 0.1) is 23.7 Å². The van der Waals surface area contributed by atoms with Gasteiger partial charge in [0.05, 0.1) is 12.5 Å². The highest BCUT2D eigenvalue weighted by molar-refractivity contribution is 5.99. The van der Waals surface area contributed by atoms with E-state index in [1.807, 2.05) is 0 Å². The highest BCUT2D eigenvalue weighted by atomic mass is 16.4. The molecular weight excluding hydrogens is 1270 g/mol. The topological polar surface area (TPSA) is 604 Å². The molecule has 35 nitrogen and oxygen atoms in total. The summed E-state index contributed by atoms with van der Waals surface area (Å²) in [6.45, 7) is 15.3. The number of hydrogen-bond acceptors (Lipinski definition) is 18. The number of unbranched alkanes of at least 4 members (excludes halogenated alkanes) is 1. The number of aliphatic carboxylic acids is 3. The number of amides is 10. The molecule has 0 aromatic heterocycles. The van der Waals surface area contributed by atoms with E-state index in [2.05, 4.69) is 63.2 Å². The summed E-state index contributed by atoms with van der Waals surface area (Å²) in [6, 6.07) is -10.4. The van der Waals surface area contributed by atoms with Crippen molar-refractivity contribution < 1.29 is 82.8 Å². The van der Waals surface area contributed by atoms with Crippen LogP contribution in [0.1, 0.15) is 151 Å². The van der Waals surface area contributed by atoms with Crippen molar-refractivity contribution in [3.05, 3.63) is 29.8 Å². The number of rotatable bonds is 47. The number of carboxylic acid groups (broad SMARTS) is 3. The lowest BCUT2D eigenvalue weighted by molar-refractivity contribution is -0.147. The smallest absolute Gasteiger partial charge is 0.326 e. The first-order valence-electron chi connectivity index (χ1n) is 32.5. The Labute approximate surface area is 564 Å². The van der Waals surface area contributed by atoms with Gasteiger partial charge in [0.2, 0.25) is 59.1 Å². The fourth-order valence-corrected chi connectivity index (χ4v) is 9.62. The molecule has 0 fully saturated rings. The number of guanidine groups is 2. The maximum Gasteiger partial charge on any atom is 0.326 e. The van der Waals surface area contributed by atoms with E-state index in [-0.39, 0.29) is 101 Å². The zero-order valence-corrected chi connectivity index (χ0v) is 56.9. The van der Waals surface area contributed by atoms with E-state index in [1.54, 1.807) is 55.4 Å². The second kappa shape index (κ2) is 44.4. The van der Waals surface area contributed by atoms with Crippen molar-refractivity contribution in [1.82, 2.24) is 53.2 Å². The molecule has 26 N–H and O–H groups in total. The van der Waals surface area contributed by atoms with Gasteiger partial charge < -0.3 is 108 Å². The molecule has 0 aliphatic heterocycles. The van der Waals surface area contributed by atoms with Crippen LogP contribution in [0.2, 0.25) is 0 Å². The van der Waals surface area contributed by atoms with Crippen LogP contribution in [0.25, 0.3) is 0 Å². The first-order chi connectivity index (χ1) is 45.4. The predicted octanol–water partition coefficient (Wildman–Crippen LogP) is -3.42. The Morgan fingerprint density at radius 2 is 0.866 bits per heavy atom. The lowest BCUT2D eigenvalue weighted by Gasteiger charge is -2.29. The Kier molecular flexibility index (Phi) is 39.1. The third-order valence-electron chi connectivity index (χ3n) is 15.2. The van der Waals surface area contributed by atoms with Gasteiger partial charge in [-0.15, -0.1) is 0 Å². The molecule has 0 radical (unpaired) electrons. The molecule has 1 rings (SSSR count). The number of aromatic hydroxyl groups is 1. The molecular formula is C62H106N18O17. The monoisotopic (exact) mass is 1370 g/mol. The van der Waals surface area contributed by atoms with Crippen molar-refractivity contribution in [3.8, 4) is 5.75 Å². The molecule has 546 valence electrons. The first kappa shape index (κ1) is 85.6. The van der Waals surface area contributed by atoms with Crippen molar-refractivity contribution in [2.24, 2.45) is 68.1 Å². The Balaban J connectivity index is 3.67. The molecule has 0 aliphatic carbocycles. The Morgan fingerprint density at radius 1 is 0.454 bits per heavy atom. The van der Waals surface area contributed by atoms with E-state index in [9.17, 15) is 82.8 Å². The van der Waals surface area contributed by atoms with Crippen molar-refractivity contribution in [2.45, 2.75) is 219 Å². The van der Waals surface area contributed by atoms with Gasteiger partial charge in [0.15, 0.2) is 11.9 Å². The summed E-state index contributed by atoms with van der Waals surface area (Å²) >= 11 is 0. The number of carbonyl (C=O) groups excluding carboxylic acids is 10. The van der Waals surface area contributed by atoms with Gasteiger partial charge in [-0.1, -0.05) is 73.9 Å². The second-order valence-corrected chi connectivity index (χ2v) is 25.0. The molecule has 0 heterocycles. The molecule has 12 atom stereocenters. The molecule has 97 heavy (non-hydrogen) atoms. The van der Waals surface area contributed by atoms with Gasteiger partial charge in [-0.05, 0) is 119 Å². The summed E-state index contributed by atoms with van der Waals surface area (Å²) in [5.74, 6) is -15.8. The van der Waals surface area contributed by atoms with Crippen LogP contribution in [0.5, 0.6) is 5.75 Å². The van der Waals surface area contributed by atoms with Gasteiger partial charge in [-0.3, -0.25) is 67.5 Å². The zero-order valence-electron chi connectivity index (χ0n) is 56.9. The molecule has 0 aliphatic rings. The van der Waals surface area contributed by atoms with Crippen molar-refractivity contribution in [2.75, 3.05) is 19.6 Å². The van der Waals surface area contributed by atoms with Gasteiger partial charge in [0, 0.05) is 25.9 Å². The number of nitrogens with one attached hydrogen (secondary N) is 10. The third-order valence-corrected chi connectivity index (χ3v) is 15.2. The van der Waals surface area contributed by atoms with Crippen LogP contribution in [0.15, 0.2) is 34.3 Å². The van der Waals surface area contributed by atoms with Crippen molar-refractivity contribution in [3.63, 3.8) is 0 Å². The van der Waals surface area contributed by atoms with Crippen LogP contribution in [0.4, 0.5) is 0 Å². The lowest BCUT2D eigenvalue weighted by atomic mass is 9.96. The predicted molar refractivity (Wildman–Crippen MR) is 357 cm³/mol. The van der Waals surface area contributed by atoms with E-state index in [0.717, 1.165) is 0 Å². The molecule has 35 heteroatoms. The van der Waals surface area contributed by atoms with Crippen molar-refractivity contribution >= 4 is 88.9 Å². The first-order valence-corrected chi connectivity index (χ1v) is 32.5. The molecule has 0 bridgehead atoms. The summed E-state index contributed by atoms with van der Waals surface area (Å²) in [5, 5.41) is 64.2. The van der Waals surface area contributed by atoms with Crippen LogP contribution < -0.4 is 87.6 Å². The number of carboxylic acids is 3. The minimum absolute atomic E-state index is 0.00538. The summed E-state index contributed by atoms with van der Waals surface area (Å²) in [7, 11) is 0. The highest BCUT2D eigenvalue weighted by Crippen LogP contribution is 2.17. The number of nitrogens with two attached hydrogens (primary N) is 6. The van der Waals surface area contributed by atoms with Crippen LogP contribution in [-0.4, -0.2) is 195 Å². The van der Waals surface area contributed by atoms with Crippen LogP contribution in [-0.2, 0) is 68.7 Å². The van der Waals surface area contributed by atoms with E-state index < -0.39 is 175 Å². The minimum atomic E-state index is -1.87. The zero-order chi connectivity index (χ0) is 73.8. The Hall–Kier alpha value is -9.41.